The third kappa shape index (κ3) is 5.94. The molecule has 4 aliphatic rings. The Morgan fingerprint density at radius 2 is 1.71 bits per heavy atom. The quantitative estimate of drug-likeness (QED) is 0.412. The summed E-state index contributed by atoms with van der Waals surface area (Å²) in [5, 5.41) is 3.07. The lowest BCUT2D eigenvalue weighted by molar-refractivity contribution is -0.149. The van der Waals surface area contributed by atoms with Crippen molar-refractivity contribution in [2.75, 3.05) is 46.4 Å². The zero-order valence-corrected chi connectivity index (χ0v) is 25.8. The van der Waals surface area contributed by atoms with Crippen molar-refractivity contribution in [2.24, 2.45) is 11.3 Å². The first-order valence-electron chi connectivity index (χ1n) is 15.7. The van der Waals surface area contributed by atoms with E-state index in [1.165, 1.54) is 29.5 Å². The van der Waals surface area contributed by atoms with Crippen molar-refractivity contribution in [1.82, 2.24) is 25.1 Å². The predicted octanol–water partition coefficient (Wildman–Crippen LogP) is 4.90. The summed E-state index contributed by atoms with van der Waals surface area (Å²) in [7, 11) is 2.16. The number of benzene rings is 2. The Hall–Kier alpha value is -4.21. The summed E-state index contributed by atoms with van der Waals surface area (Å²) in [4.78, 5) is 38.9. The SMILES string of the molecule is C[C@@H](NC(=O)c1cncc(C2=CCN(C(=O)C3COC3)CC2)n1)c1ccc(C(=C2CC3(C2)CN(C)C3)c2ccc(F)cc2)cc1. The van der Waals surface area contributed by atoms with Crippen LogP contribution in [0.1, 0.15) is 65.1 Å². The second kappa shape index (κ2) is 11.9. The highest BCUT2D eigenvalue weighted by atomic mass is 19.1. The smallest absolute Gasteiger partial charge is 0.271 e. The summed E-state index contributed by atoms with van der Waals surface area (Å²) in [6.45, 7) is 6.36. The standard InChI is InChI=1S/C36H38FN5O3/c1-23(39-34(43)32-18-38-17-31(40-32)25-11-13-42(14-12-25)35(44)29-19-45-20-29)24-3-5-26(6-4-24)33(27-7-9-30(37)10-8-27)28-15-36(16-28)21-41(2)22-36/h3-11,17-18,23,29H,12-16,19-22H2,1-2H3,(H,39,43)/t23-/m1/s1. The van der Waals surface area contributed by atoms with E-state index in [9.17, 15) is 14.0 Å². The van der Waals surface area contributed by atoms with E-state index >= 15 is 0 Å². The molecule has 1 atom stereocenters. The van der Waals surface area contributed by atoms with E-state index in [1.54, 1.807) is 6.20 Å². The highest BCUT2D eigenvalue weighted by molar-refractivity contribution is 5.92. The van der Waals surface area contributed by atoms with Gasteiger partial charge in [0.25, 0.3) is 5.91 Å². The summed E-state index contributed by atoms with van der Waals surface area (Å²) < 4.78 is 18.9. The summed E-state index contributed by atoms with van der Waals surface area (Å²) in [5.41, 5.74) is 8.01. The van der Waals surface area contributed by atoms with Crippen LogP contribution in [0.15, 0.2) is 72.6 Å². The fourth-order valence-corrected chi connectivity index (χ4v) is 7.21. The first-order chi connectivity index (χ1) is 21.8. The van der Waals surface area contributed by atoms with Crippen molar-refractivity contribution in [2.45, 2.75) is 32.2 Å². The van der Waals surface area contributed by atoms with Gasteiger partial charge in [-0.15, -0.1) is 0 Å². The Bertz CT molecular complexity index is 1660. The second-order valence-corrected chi connectivity index (χ2v) is 13.1. The molecule has 1 saturated carbocycles. The number of allylic oxidation sites excluding steroid dienone is 1. The van der Waals surface area contributed by atoms with Crippen molar-refractivity contribution in [3.8, 4) is 0 Å². The minimum atomic E-state index is -0.293. The largest absolute Gasteiger partial charge is 0.380 e. The third-order valence-electron chi connectivity index (χ3n) is 9.63. The third-order valence-corrected chi connectivity index (χ3v) is 9.63. The van der Waals surface area contributed by atoms with Gasteiger partial charge in [0.2, 0.25) is 5.91 Å². The van der Waals surface area contributed by atoms with Gasteiger partial charge < -0.3 is 19.9 Å². The average molecular weight is 608 g/mol. The topological polar surface area (TPSA) is 87.7 Å². The van der Waals surface area contributed by atoms with Gasteiger partial charge in [0.05, 0.1) is 43.3 Å². The number of rotatable bonds is 7. The van der Waals surface area contributed by atoms with Crippen LogP contribution in [0.25, 0.3) is 11.1 Å². The molecule has 8 nitrogen and oxygen atoms in total. The molecule has 3 aromatic rings. The highest BCUT2D eigenvalue weighted by Crippen LogP contribution is 2.54. The van der Waals surface area contributed by atoms with Crippen molar-refractivity contribution >= 4 is 23.0 Å². The normalized spacial score (nSPS) is 20.0. The van der Waals surface area contributed by atoms with Crippen LogP contribution in [-0.4, -0.2) is 78.0 Å². The highest BCUT2D eigenvalue weighted by Gasteiger charge is 2.49. The maximum Gasteiger partial charge on any atom is 0.271 e. The number of hydrogen-bond donors (Lipinski definition) is 1. The molecule has 45 heavy (non-hydrogen) atoms. The Kier molecular flexibility index (Phi) is 7.83. The zero-order chi connectivity index (χ0) is 31.1. The van der Waals surface area contributed by atoms with Gasteiger partial charge in [0, 0.05) is 31.6 Å². The van der Waals surface area contributed by atoms with E-state index in [0.717, 1.165) is 48.2 Å². The van der Waals surface area contributed by atoms with E-state index in [4.69, 9.17) is 4.74 Å². The molecule has 232 valence electrons. The molecule has 1 aromatic heterocycles. The van der Waals surface area contributed by atoms with Gasteiger partial charge in [-0.25, -0.2) is 9.37 Å². The fourth-order valence-electron chi connectivity index (χ4n) is 7.21. The number of amides is 2. The van der Waals surface area contributed by atoms with Gasteiger partial charge in [0.15, 0.2) is 0 Å². The molecule has 0 bridgehead atoms. The number of nitrogens with one attached hydrogen (secondary N) is 1. The van der Waals surface area contributed by atoms with Crippen molar-refractivity contribution in [3.05, 3.63) is 106 Å². The van der Waals surface area contributed by atoms with Gasteiger partial charge in [-0.3, -0.25) is 14.6 Å². The molecule has 9 heteroatoms. The molecular formula is C36H38FN5O3. The summed E-state index contributed by atoms with van der Waals surface area (Å²) in [5.74, 6) is -0.418. The monoisotopic (exact) mass is 607 g/mol. The van der Waals surface area contributed by atoms with Gasteiger partial charge in [0.1, 0.15) is 11.5 Å². The summed E-state index contributed by atoms with van der Waals surface area (Å²) in [6, 6.07) is 14.8. The molecule has 0 radical (unpaired) electrons. The first kappa shape index (κ1) is 29.5. The van der Waals surface area contributed by atoms with Gasteiger partial charge >= 0.3 is 0 Å². The minimum absolute atomic E-state index is 0.0245. The van der Waals surface area contributed by atoms with Crippen molar-refractivity contribution in [1.29, 1.82) is 0 Å². The van der Waals surface area contributed by atoms with Gasteiger partial charge in [-0.1, -0.05) is 48.0 Å². The van der Waals surface area contributed by atoms with Gasteiger partial charge in [-0.05, 0) is 73.2 Å². The lowest BCUT2D eigenvalue weighted by Crippen LogP contribution is -2.58. The van der Waals surface area contributed by atoms with Crippen LogP contribution in [0.3, 0.4) is 0 Å². The number of halogens is 1. The van der Waals surface area contributed by atoms with Crippen LogP contribution in [0.2, 0.25) is 0 Å². The molecule has 0 unspecified atom stereocenters. The van der Waals surface area contributed by atoms with Crippen LogP contribution < -0.4 is 5.32 Å². The number of carbonyl (C=O) groups is 2. The molecule has 1 aliphatic carbocycles. The second-order valence-electron chi connectivity index (χ2n) is 13.1. The van der Waals surface area contributed by atoms with E-state index in [1.807, 2.05) is 42.2 Å². The molecule has 2 aromatic carbocycles. The first-order valence-corrected chi connectivity index (χ1v) is 15.7. The van der Waals surface area contributed by atoms with E-state index in [-0.39, 0.29) is 35.3 Å². The molecular weight excluding hydrogens is 569 g/mol. The molecule has 7 rings (SSSR count). The van der Waals surface area contributed by atoms with E-state index in [2.05, 4.69) is 39.4 Å². The van der Waals surface area contributed by atoms with Crippen molar-refractivity contribution < 1.29 is 18.7 Å². The minimum Gasteiger partial charge on any atom is -0.380 e. The van der Waals surface area contributed by atoms with Crippen LogP contribution in [0.5, 0.6) is 0 Å². The lowest BCUT2D eigenvalue weighted by atomic mass is 9.59. The zero-order valence-electron chi connectivity index (χ0n) is 25.8. The average Bonchev–Trinajstić information content (AvgIpc) is 2.99. The molecule has 1 N–H and O–H groups in total. The van der Waals surface area contributed by atoms with Crippen LogP contribution in [-0.2, 0) is 9.53 Å². The molecule has 3 aliphatic heterocycles. The number of carbonyl (C=O) groups excluding carboxylic acids is 2. The van der Waals surface area contributed by atoms with Crippen LogP contribution >= 0.6 is 0 Å². The summed E-state index contributed by atoms with van der Waals surface area (Å²) >= 11 is 0. The number of likely N-dealkylation sites (tertiary alicyclic amines) is 1. The molecule has 2 saturated heterocycles. The maximum absolute atomic E-state index is 13.8. The lowest BCUT2D eigenvalue weighted by Gasteiger charge is -2.56. The molecule has 4 heterocycles. The Balaban J connectivity index is 1.02. The van der Waals surface area contributed by atoms with Crippen LogP contribution in [0, 0.1) is 17.2 Å². The maximum atomic E-state index is 13.8. The predicted molar refractivity (Wildman–Crippen MR) is 169 cm³/mol. The Morgan fingerprint density at radius 1 is 1.02 bits per heavy atom. The van der Waals surface area contributed by atoms with Crippen LogP contribution in [0.4, 0.5) is 4.39 Å². The van der Waals surface area contributed by atoms with Crippen molar-refractivity contribution in [3.63, 3.8) is 0 Å². The number of hydrogen-bond acceptors (Lipinski definition) is 6. The summed E-state index contributed by atoms with van der Waals surface area (Å²) in [6.07, 6.45) is 7.96. The number of ether oxygens (including phenoxy) is 1. The van der Waals surface area contributed by atoms with Gasteiger partial charge in [-0.2, -0.15) is 0 Å². The Morgan fingerprint density at radius 3 is 2.31 bits per heavy atom. The number of aromatic nitrogens is 2. The molecule has 2 amide bonds. The number of nitrogens with zero attached hydrogens (tertiary/aromatic N) is 4. The Labute approximate surface area is 263 Å². The van der Waals surface area contributed by atoms with E-state index < -0.39 is 0 Å². The fraction of sp³-hybridized carbons (Fsp3) is 0.389. The molecule has 3 fully saturated rings. The molecule has 1 spiro atoms. The van der Waals surface area contributed by atoms with E-state index in [0.29, 0.717) is 43.8 Å².